The average molecular weight is 179 g/mol. The van der Waals surface area contributed by atoms with Crippen LogP contribution in [-0.2, 0) is 9.62 Å². The van der Waals surface area contributed by atoms with Gasteiger partial charge in [0.2, 0.25) is 0 Å². The predicted octanol–water partition coefficient (Wildman–Crippen LogP) is 1.25. The summed E-state index contributed by atoms with van der Waals surface area (Å²) in [6, 6.07) is 0. The van der Waals surface area contributed by atoms with Crippen molar-refractivity contribution >= 4 is 0 Å². The van der Waals surface area contributed by atoms with E-state index in [-0.39, 0.29) is 6.10 Å². The summed E-state index contributed by atoms with van der Waals surface area (Å²) in [5, 5.41) is 7.90. The van der Waals surface area contributed by atoms with Crippen LogP contribution in [0.25, 0.3) is 0 Å². The number of nitrogens with two attached hydrogens (primary N) is 1. The van der Waals surface area contributed by atoms with E-state index in [4.69, 9.17) is 15.7 Å². The first kappa shape index (κ1) is 14.4. The summed E-state index contributed by atoms with van der Waals surface area (Å²) < 4.78 is 4.77. The molecule has 4 heteroatoms. The molecule has 12 heavy (non-hydrogen) atoms. The Kier molecular flexibility index (Phi) is 8.97. The molecule has 0 aliphatic heterocycles. The number of rotatable bonds is 2. The van der Waals surface area contributed by atoms with Crippen molar-refractivity contribution in [2.24, 2.45) is 5.73 Å². The predicted molar refractivity (Wildman–Crippen MR) is 49.0 cm³/mol. The smallest absolute Gasteiger partial charge is 0.0949 e. The SMILES string of the molecule is CC(C)(C)OO.COC(C)CN. The summed E-state index contributed by atoms with van der Waals surface area (Å²) in [6.07, 6.45) is 0.213. The molecule has 0 aromatic carbocycles. The molecule has 0 saturated heterocycles. The van der Waals surface area contributed by atoms with E-state index in [1.165, 1.54) is 0 Å². The Bertz CT molecular complexity index is 86.8. The third-order valence-electron chi connectivity index (χ3n) is 1.01. The van der Waals surface area contributed by atoms with Crippen LogP contribution in [0.4, 0.5) is 0 Å². The third-order valence-corrected chi connectivity index (χ3v) is 1.01. The molecule has 1 unspecified atom stereocenters. The van der Waals surface area contributed by atoms with Crippen LogP contribution in [0.3, 0.4) is 0 Å². The summed E-state index contributed by atoms with van der Waals surface area (Å²) in [7, 11) is 1.65. The molecule has 1 atom stereocenters. The fraction of sp³-hybridized carbons (Fsp3) is 1.00. The van der Waals surface area contributed by atoms with Crippen molar-refractivity contribution in [3.63, 3.8) is 0 Å². The van der Waals surface area contributed by atoms with Gasteiger partial charge in [0.05, 0.1) is 11.7 Å². The summed E-state index contributed by atoms with van der Waals surface area (Å²) in [6.45, 7) is 7.85. The molecule has 0 aliphatic carbocycles. The van der Waals surface area contributed by atoms with Gasteiger partial charge in [-0.2, -0.15) is 0 Å². The van der Waals surface area contributed by atoms with Gasteiger partial charge in [-0.1, -0.05) is 0 Å². The van der Waals surface area contributed by atoms with E-state index in [0.717, 1.165) is 0 Å². The van der Waals surface area contributed by atoms with Crippen LogP contribution in [0.15, 0.2) is 0 Å². The molecular formula is C8H21NO3. The van der Waals surface area contributed by atoms with Crippen LogP contribution in [0.2, 0.25) is 0 Å². The third kappa shape index (κ3) is 16.4. The fourth-order valence-electron chi connectivity index (χ4n) is 0.0962. The highest BCUT2D eigenvalue weighted by Gasteiger charge is 2.06. The Hall–Kier alpha value is -0.160. The molecule has 0 fully saturated rings. The monoisotopic (exact) mass is 179 g/mol. The number of methoxy groups -OCH3 is 1. The Labute approximate surface area is 74.6 Å². The highest BCUT2D eigenvalue weighted by molar-refractivity contribution is 4.53. The first-order chi connectivity index (χ1) is 5.37. The molecule has 0 saturated carbocycles. The molecule has 3 N–H and O–H groups in total. The van der Waals surface area contributed by atoms with Gasteiger partial charge >= 0.3 is 0 Å². The van der Waals surface area contributed by atoms with Gasteiger partial charge in [-0.15, -0.1) is 0 Å². The largest absolute Gasteiger partial charge is 0.380 e. The van der Waals surface area contributed by atoms with Crippen LogP contribution in [0.5, 0.6) is 0 Å². The van der Waals surface area contributed by atoms with Crippen molar-refractivity contribution in [3.8, 4) is 0 Å². The Morgan fingerprint density at radius 3 is 1.75 bits per heavy atom. The summed E-state index contributed by atoms with van der Waals surface area (Å²) in [5.41, 5.74) is 4.75. The molecule has 0 aromatic rings. The van der Waals surface area contributed by atoms with E-state index in [2.05, 4.69) is 4.89 Å². The minimum absolute atomic E-state index is 0.213. The topological polar surface area (TPSA) is 64.7 Å². The average Bonchev–Trinajstić information content (AvgIpc) is 2.03. The summed E-state index contributed by atoms with van der Waals surface area (Å²) in [4.78, 5) is 3.94. The van der Waals surface area contributed by atoms with Gasteiger partial charge in [0.15, 0.2) is 0 Å². The van der Waals surface area contributed by atoms with Gasteiger partial charge < -0.3 is 10.5 Å². The molecule has 0 radical (unpaired) electrons. The molecule has 4 nitrogen and oxygen atoms in total. The second-order valence-electron chi connectivity index (χ2n) is 3.49. The van der Waals surface area contributed by atoms with E-state index in [1.807, 2.05) is 6.92 Å². The minimum atomic E-state index is -0.403. The van der Waals surface area contributed by atoms with Crippen molar-refractivity contribution in [3.05, 3.63) is 0 Å². The molecule has 0 bridgehead atoms. The maximum Gasteiger partial charge on any atom is 0.0949 e. The number of hydrogen-bond donors (Lipinski definition) is 2. The van der Waals surface area contributed by atoms with E-state index in [0.29, 0.717) is 6.54 Å². The second-order valence-corrected chi connectivity index (χ2v) is 3.49. The van der Waals surface area contributed by atoms with Crippen molar-refractivity contribution in [2.75, 3.05) is 13.7 Å². The number of hydrogen-bond acceptors (Lipinski definition) is 4. The van der Waals surface area contributed by atoms with Gasteiger partial charge in [0.25, 0.3) is 0 Å². The lowest BCUT2D eigenvalue weighted by Crippen LogP contribution is -2.17. The second kappa shape index (κ2) is 7.49. The zero-order valence-corrected chi connectivity index (χ0v) is 8.63. The van der Waals surface area contributed by atoms with E-state index in [9.17, 15) is 0 Å². The standard InChI is InChI=1S/C4H11NO.C4H10O2/c1-4(3-5)6-2;1-4(2,3)6-5/h4H,3,5H2,1-2H3;5H,1-3H3. The van der Waals surface area contributed by atoms with E-state index < -0.39 is 5.60 Å². The van der Waals surface area contributed by atoms with Crippen molar-refractivity contribution in [1.29, 1.82) is 0 Å². The van der Waals surface area contributed by atoms with Crippen LogP contribution in [0, 0.1) is 0 Å². The van der Waals surface area contributed by atoms with Gasteiger partial charge in [0.1, 0.15) is 0 Å². The zero-order valence-electron chi connectivity index (χ0n) is 8.63. The van der Waals surface area contributed by atoms with Crippen LogP contribution >= 0.6 is 0 Å². The van der Waals surface area contributed by atoms with Gasteiger partial charge in [-0.25, -0.2) is 4.89 Å². The summed E-state index contributed by atoms with van der Waals surface area (Å²) in [5.74, 6) is 0. The Morgan fingerprint density at radius 1 is 1.42 bits per heavy atom. The summed E-state index contributed by atoms with van der Waals surface area (Å²) >= 11 is 0. The van der Waals surface area contributed by atoms with Gasteiger partial charge in [-0.05, 0) is 27.7 Å². The molecule has 0 amide bonds. The van der Waals surface area contributed by atoms with Crippen LogP contribution < -0.4 is 5.73 Å². The molecule has 0 spiro atoms. The molecule has 76 valence electrons. The maximum atomic E-state index is 7.90. The molecule has 0 aromatic heterocycles. The maximum absolute atomic E-state index is 7.90. The first-order valence-electron chi connectivity index (χ1n) is 3.92. The minimum Gasteiger partial charge on any atom is -0.380 e. The van der Waals surface area contributed by atoms with Crippen LogP contribution in [-0.4, -0.2) is 30.6 Å². The highest BCUT2D eigenvalue weighted by atomic mass is 17.1. The molecular weight excluding hydrogens is 158 g/mol. The normalized spacial score (nSPS) is 13.2. The zero-order chi connectivity index (χ0) is 10.2. The van der Waals surface area contributed by atoms with Crippen molar-refractivity contribution < 1.29 is 14.9 Å². The van der Waals surface area contributed by atoms with Crippen LogP contribution in [0.1, 0.15) is 27.7 Å². The van der Waals surface area contributed by atoms with Crippen molar-refractivity contribution in [1.82, 2.24) is 0 Å². The van der Waals surface area contributed by atoms with Gasteiger partial charge in [0, 0.05) is 13.7 Å². The quantitative estimate of drug-likeness (QED) is 0.494. The van der Waals surface area contributed by atoms with Crippen molar-refractivity contribution in [2.45, 2.75) is 39.4 Å². The Morgan fingerprint density at radius 2 is 1.75 bits per heavy atom. The highest BCUT2D eigenvalue weighted by Crippen LogP contribution is 2.01. The Balaban J connectivity index is 0. The lowest BCUT2D eigenvalue weighted by molar-refractivity contribution is -0.306. The lowest BCUT2D eigenvalue weighted by Gasteiger charge is -2.10. The van der Waals surface area contributed by atoms with E-state index in [1.54, 1.807) is 27.9 Å². The fourth-order valence-corrected chi connectivity index (χ4v) is 0.0962. The number of ether oxygens (including phenoxy) is 1. The molecule has 0 rings (SSSR count). The molecule has 0 aliphatic rings. The van der Waals surface area contributed by atoms with Gasteiger partial charge in [-0.3, -0.25) is 5.26 Å². The molecule has 0 heterocycles. The first-order valence-corrected chi connectivity index (χ1v) is 3.92. The lowest BCUT2D eigenvalue weighted by atomic mass is 10.2. The van der Waals surface area contributed by atoms with E-state index >= 15 is 0 Å².